The van der Waals surface area contributed by atoms with Crippen LogP contribution in [-0.4, -0.2) is 24.0 Å². The number of nitrogens with zero attached hydrogens (tertiary/aromatic N) is 5. The van der Waals surface area contributed by atoms with Crippen molar-refractivity contribution in [2.75, 3.05) is 18.0 Å². The maximum absolute atomic E-state index is 12.0. The molecule has 0 N–H and O–H groups in total. The Hall–Kier alpha value is -2.53. The highest BCUT2D eigenvalue weighted by Gasteiger charge is 2.31. The molecule has 96 valence electrons. The highest BCUT2D eigenvalue weighted by atomic mass is 16.3. The molecule has 1 unspecified atom stereocenters. The van der Waals surface area contributed by atoms with Crippen molar-refractivity contribution in [2.24, 2.45) is 11.0 Å². The van der Waals surface area contributed by atoms with E-state index in [-0.39, 0.29) is 11.8 Å². The molecule has 19 heavy (non-hydrogen) atoms. The monoisotopic (exact) mass is 257 g/mol. The summed E-state index contributed by atoms with van der Waals surface area (Å²) in [5, 5.41) is 3.54. The van der Waals surface area contributed by atoms with Crippen LogP contribution in [0.15, 0.2) is 34.1 Å². The molecule has 2 aromatic rings. The van der Waals surface area contributed by atoms with Crippen LogP contribution >= 0.6 is 0 Å². The summed E-state index contributed by atoms with van der Waals surface area (Å²) in [4.78, 5) is 20.6. The summed E-state index contributed by atoms with van der Waals surface area (Å²) < 4.78 is 5.23. The molecular formula is C12H11N5O2. The first-order chi connectivity index (χ1) is 9.29. The average molecular weight is 257 g/mol. The largest absolute Gasteiger partial charge is 0.443 e. The highest BCUT2D eigenvalue weighted by Crippen LogP contribution is 2.30. The van der Waals surface area contributed by atoms with Crippen LogP contribution < -0.4 is 4.90 Å². The Morgan fingerprint density at radius 2 is 2.47 bits per heavy atom. The summed E-state index contributed by atoms with van der Waals surface area (Å²) in [6, 6.07) is 5.49. The maximum Gasteiger partial charge on any atom is 0.227 e. The second-order valence-electron chi connectivity index (χ2n) is 4.46. The lowest BCUT2D eigenvalue weighted by molar-refractivity contribution is -0.117. The molecule has 1 aromatic carbocycles. The van der Waals surface area contributed by atoms with Gasteiger partial charge < -0.3 is 9.32 Å². The molecule has 7 heteroatoms. The van der Waals surface area contributed by atoms with Crippen molar-refractivity contribution < 1.29 is 9.21 Å². The van der Waals surface area contributed by atoms with Gasteiger partial charge in [0.2, 0.25) is 5.91 Å². The van der Waals surface area contributed by atoms with Gasteiger partial charge in [-0.1, -0.05) is 11.2 Å². The van der Waals surface area contributed by atoms with E-state index in [0.29, 0.717) is 30.6 Å². The smallest absolute Gasteiger partial charge is 0.227 e. The Morgan fingerprint density at radius 3 is 3.32 bits per heavy atom. The van der Waals surface area contributed by atoms with Crippen LogP contribution in [0.25, 0.3) is 21.5 Å². The Kier molecular flexibility index (Phi) is 2.81. The van der Waals surface area contributed by atoms with E-state index in [9.17, 15) is 4.79 Å². The average Bonchev–Trinajstić information content (AvgIpc) is 3.02. The fourth-order valence-electron chi connectivity index (χ4n) is 2.38. The number of hydrogen-bond donors (Lipinski definition) is 0. The van der Waals surface area contributed by atoms with Crippen LogP contribution in [0.1, 0.15) is 6.42 Å². The van der Waals surface area contributed by atoms with Crippen molar-refractivity contribution in [2.45, 2.75) is 6.42 Å². The summed E-state index contributed by atoms with van der Waals surface area (Å²) in [5.74, 6) is 0.0826. The van der Waals surface area contributed by atoms with Crippen LogP contribution in [0.2, 0.25) is 0 Å². The summed E-state index contributed by atoms with van der Waals surface area (Å²) >= 11 is 0. The molecule has 0 aliphatic carbocycles. The van der Waals surface area contributed by atoms with Gasteiger partial charge in [-0.25, -0.2) is 4.98 Å². The van der Waals surface area contributed by atoms with Gasteiger partial charge in [0.25, 0.3) is 0 Å². The van der Waals surface area contributed by atoms with Crippen LogP contribution in [0.4, 0.5) is 5.69 Å². The van der Waals surface area contributed by atoms with Gasteiger partial charge in [-0.3, -0.25) is 4.79 Å². The number of hydrogen-bond acceptors (Lipinski definition) is 4. The molecule has 3 rings (SSSR count). The third-order valence-corrected chi connectivity index (χ3v) is 3.24. The minimum absolute atomic E-state index is 0.0219. The standard InChI is InChI=1S/C12H11N5O2/c13-16-15-5-8-4-11(18)17(6-8)9-2-1-3-10-12(9)14-7-19-10/h1-3,7-8H,4-6H2. The Morgan fingerprint density at radius 1 is 1.58 bits per heavy atom. The van der Waals surface area contributed by atoms with Gasteiger partial charge in [-0.15, -0.1) is 0 Å². The van der Waals surface area contributed by atoms with Gasteiger partial charge in [0, 0.05) is 24.4 Å². The first-order valence-electron chi connectivity index (χ1n) is 5.93. The van der Waals surface area contributed by atoms with E-state index in [1.54, 1.807) is 4.90 Å². The van der Waals surface area contributed by atoms with Crippen LogP contribution in [0.3, 0.4) is 0 Å². The first kappa shape index (κ1) is 11.6. The molecule has 1 aliphatic rings. The zero-order valence-corrected chi connectivity index (χ0v) is 10.1. The van der Waals surface area contributed by atoms with Crippen molar-refractivity contribution in [1.29, 1.82) is 0 Å². The SMILES string of the molecule is [N-]=[N+]=NCC1CC(=O)N(c2cccc3ocnc23)C1. The summed E-state index contributed by atoms with van der Waals surface area (Å²) in [5.41, 5.74) is 10.4. The van der Waals surface area contributed by atoms with E-state index in [2.05, 4.69) is 15.0 Å². The summed E-state index contributed by atoms with van der Waals surface area (Å²) in [7, 11) is 0. The van der Waals surface area contributed by atoms with E-state index in [4.69, 9.17) is 9.95 Å². The number of anilines is 1. The molecule has 1 aromatic heterocycles. The van der Waals surface area contributed by atoms with Gasteiger partial charge in [-0.05, 0) is 23.6 Å². The minimum Gasteiger partial charge on any atom is -0.443 e. The number of carbonyl (C=O) groups excluding carboxylic acids is 1. The van der Waals surface area contributed by atoms with E-state index in [0.717, 1.165) is 5.69 Å². The molecule has 0 spiro atoms. The first-order valence-corrected chi connectivity index (χ1v) is 5.93. The summed E-state index contributed by atoms with van der Waals surface area (Å²) in [6.07, 6.45) is 1.76. The fourth-order valence-corrected chi connectivity index (χ4v) is 2.38. The maximum atomic E-state index is 12.0. The zero-order chi connectivity index (χ0) is 13.2. The quantitative estimate of drug-likeness (QED) is 0.480. The Bertz CT molecular complexity index is 674. The molecule has 1 amide bonds. The number of benzene rings is 1. The predicted molar refractivity (Wildman–Crippen MR) is 68.5 cm³/mol. The molecule has 1 fully saturated rings. The molecule has 1 aliphatic heterocycles. The lowest BCUT2D eigenvalue weighted by Crippen LogP contribution is -2.25. The number of rotatable bonds is 3. The van der Waals surface area contributed by atoms with Gasteiger partial charge in [0.05, 0.1) is 5.69 Å². The second kappa shape index (κ2) is 4.62. The number of carbonyl (C=O) groups is 1. The third kappa shape index (κ3) is 2.00. The van der Waals surface area contributed by atoms with Gasteiger partial charge in [0.15, 0.2) is 12.0 Å². The molecule has 0 saturated carbocycles. The number of azide groups is 1. The van der Waals surface area contributed by atoms with Crippen LogP contribution in [0, 0.1) is 5.92 Å². The minimum atomic E-state index is 0.0219. The van der Waals surface area contributed by atoms with Crippen molar-refractivity contribution in [3.63, 3.8) is 0 Å². The lowest BCUT2D eigenvalue weighted by atomic mass is 10.1. The lowest BCUT2D eigenvalue weighted by Gasteiger charge is -2.16. The third-order valence-electron chi connectivity index (χ3n) is 3.24. The predicted octanol–water partition coefficient (Wildman–Crippen LogP) is 2.49. The highest BCUT2D eigenvalue weighted by molar-refractivity contribution is 6.02. The van der Waals surface area contributed by atoms with Crippen molar-refractivity contribution in [3.8, 4) is 0 Å². The van der Waals surface area contributed by atoms with E-state index < -0.39 is 0 Å². The Labute approximate surface area is 108 Å². The number of oxazole rings is 1. The molecule has 7 nitrogen and oxygen atoms in total. The van der Waals surface area contributed by atoms with Crippen LogP contribution in [-0.2, 0) is 4.79 Å². The number of amides is 1. The molecule has 1 saturated heterocycles. The molecule has 2 heterocycles. The summed E-state index contributed by atoms with van der Waals surface area (Å²) in [6.45, 7) is 0.886. The van der Waals surface area contributed by atoms with Gasteiger partial charge in [0.1, 0.15) is 5.52 Å². The normalized spacial score (nSPS) is 18.8. The molecule has 1 atom stereocenters. The van der Waals surface area contributed by atoms with E-state index in [1.807, 2.05) is 18.2 Å². The van der Waals surface area contributed by atoms with Crippen molar-refractivity contribution in [3.05, 3.63) is 35.0 Å². The number of aromatic nitrogens is 1. The van der Waals surface area contributed by atoms with E-state index in [1.165, 1.54) is 6.39 Å². The van der Waals surface area contributed by atoms with Crippen LogP contribution in [0.5, 0.6) is 0 Å². The number of para-hydroxylation sites is 1. The Balaban J connectivity index is 1.92. The van der Waals surface area contributed by atoms with Gasteiger partial charge in [-0.2, -0.15) is 0 Å². The topological polar surface area (TPSA) is 95.1 Å². The van der Waals surface area contributed by atoms with Crippen molar-refractivity contribution in [1.82, 2.24) is 4.98 Å². The fraction of sp³-hybridized carbons (Fsp3) is 0.333. The molecule has 0 bridgehead atoms. The van der Waals surface area contributed by atoms with E-state index >= 15 is 0 Å². The van der Waals surface area contributed by atoms with Crippen molar-refractivity contribution >= 4 is 22.7 Å². The molecule has 0 radical (unpaired) electrons. The number of fused-ring (bicyclic) bond motifs is 1. The molecular weight excluding hydrogens is 246 g/mol. The van der Waals surface area contributed by atoms with Gasteiger partial charge >= 0.3 is 0 Å². The second-order valence-corrected chi connectivity index (χ2v) is 4.46. The zero-order valence-electron chi connectivity index (χ0n) is 10.1.